The molecule has 0 saturated heterocycles. The van der Waals surface area contributed by atoms with Crippen LogP contribution in [0.15, 0.2) is 95.4 Å². The highest BCUT2D eigenvalue weighted by Crippen LogP contribution is 2.37. The monoisotopic (exact) mass is 601 g/mol. The summed E-state index contributed by atoms with van der Waals surface area (Å²) in [6.45, 7) is 1.43. The zero-order valence-corrected chi connectivity index (χ0v) is 23.0. The number of amides is 1. The molecular weight excluding hydrogens is 582 g/mol. The topological polar surface area (TPSA) is 89.8 Å². The Bertz CT molecular complexity index is 2090. The summed E-state index contributed by atoms with van der Waals surface area (Å²) in [7, 11) is 0. The standard InChI is InChI=1S/C31H19F4N5O2S/c1-17-14-26(41)40(25-9-5-4-8-23(25)31(33,34)35)39-27(17)29(42)38-18-10-11-20(24(32)15-18)19-6-2-3-7-21(19)28-22-12-13-43-30(22)37-16-36-28/h2-16H,1H3,(H,38,42). The van der Waals surface area contributed by atoms with Crippen molar-refractivity contribution in [3.8, 4) is 28.1 Å². The molecule has 0 aliphatic carbocycles. The molecule has 1 amide bonds. The zero-order chi connectivity index (χ0) is 30.3. The van der Waals surface area contributed by atoms with Crippen LogP contribution < -0.4 is 10.9 Å². The molecule has 214 valence electrons. The van der Waals surface area contributed by atoms with Crippen molar-refractivity contribution < 1.29 is 22.4 Å². The number of anilines is 1. The van der Waals surface area contributed by atoms with E-state index in [1.54, 1.807) is 12.1 Å². The fourth-order valence-corrected chi connectivity index (χ4v) is 5.50. The summed E-state index contributed by atoms with van der Waals surface area (Å²) in [6.07, 6.45) is -3.30. The molecule has 0 saturated carbocycles. The van der Waals surface area contributed by atoms with E-state index in [1.165, 1.54) is 48.9 Å². The van der Waals surface area contributed by atoms with E-state index in [-0.39, 0.29) is 22.5 Å². The summed E-state index contributed by atoms with van der Waals surface area (Å²) >= 11 is 1.47. The van der Waals surface area contributed by atoms with E-state index < -0.39 is 34.7 Å². The molecule has 3 aromatic carbocycles. The second-order valence-corrected chi connectivity index (χ2v) is 10.4. The first-order valence-electron chi connectivity index (χ1n) is 12.8. The first-order valence-corrected chi connectivity index (χ1v) is 13.7. The van der Waals surface area contributed by atoms with Gasteiger partial charge in [0, 0.05) is 28.3 Å². The summed E-state index contributed by atoms with van der Waals surface area (Å²) < 4.78 is 56.9. The Hall–Kier alpha value is -5.23. The quantitative estimate of drug-likeness (QED) is 0.210. The lowest BCUT2D eigenvalue weighted by Crippen LogP contribution is -2.28. The van der Waals surface area contributed by atoms with Gasteiger partial charge in [0.1, 0.15) is 17.0 Å². The summed E-state index contributed by atoms with van der Waals surface area (Å²) in [5, 5.41) is 9.23. The first-order chi connectivity index (χ1) is 20.6. The molecule has 0 unspecified atom stereocenters. The van der Waals surface area contributed by atoms with Gasteiger partial charge in [-0.3, -0.25) is 9.59 Å². The maximum absolute atomic E-state index is 15.6. The first kappa shape index (κ1) is 27.9. The van der Waals surface area contributed by atoms with Crippen LogP contribution in [0.25, 0.3) is 38.3 Å². The molecule has 7 nitrogen and oxygen atoms in total. The van der Waals surface area contributed by atoms with E-state index >= 15 is 4.39 Å². The second-order valence-electron chi connectivity index (χ2n) is 9.50. The minimum atomic E-state index is -4.76. The summed E-state index contributed by atoms with van der Waals surface area (Å²) in [6, 6.07) is 18.7. The molecule has 3 heterocycles. The molecule has 0 aliphatic heterocycles. The maximum Gasteiger partial charge on any atom is 0.418 e. The summed E-state index contributed by atoms with van der Waals surface area (Å²) in [4.78, 5) is 35.3. The Kier molecular flexibility index (Phi) is 7.06. The van der Waals surface area contributed by atoms with Crippen molar-refractivity contribution >= 4 is 33.1 Å². The Labute approximate surface area is 245 Å². The number of fused-ring (bicyclic) bond motifs is 1. The van der Waals surface area contributed by atoms with Gasteiger partial charge < -0.3 is 5.32 Å². The number of nitrogens with one attached hydrogen (secondary N) is 1. The van der Waals surface area contributed by atoms with Crippen molar-refractivity contribution in [2.75, 3.05) is 5.32 Å². The number of alkyl halides is 3. The number of benzene rings is 3. The average Bonchev–Trinajstić information content (AvgIpc) is 3.46. The predicted octanol–water partition coefficient (Wildman–Crippen LogP) is 7.29. The fourth-order valence-electron chi connectivity index (χ4n) is 4.77. The smallest absolute Gasteiger partial charge is 0.320 e. The predicted molar refractivity (Wildman–Crippen MR) is 156 cm³/mol. The maximum atomic E-state index is 15.6. The van der Waals surface area contributed by atoms with E-state index in [1.807, 2.05) is 23.6 Å². The average molecular weight is 602 g/mol. The van der Waals surface area contributed by atoms with Crippen LogP contribution in [0.5, 0.6) is 0 Å². The number of hydrogen-bond acceptors (Lipinski definition) is 6. The number of aromatic nitrogens is 4. The van der Waals surface area contributed by atoms with E-state index in [2.05, 4.69) is 20.4 Å². The second kappa shape index (κ2) is 10.9. The Morgan fingerprint density at radius 1 is 0.907 bits per heavy atom. The molecule has 1 N–H and O–H groups in total. The van der Waals surface area contributed by atoms with Crippen molar-refractivity contribution in [3.63, 3.8) is 0 Å². The Morgan fingerprint density at radius 3 is 2.42 bits per heavy atom. The molecular formula is C31H19F4N5O2S. The van der Waals surface area contributed by atoms with Crippen LogP contribution in [0.2, 0.25) is 0 Å². The Morgan fingerprint density at radius 2 is 1.65 bits per heavy atom. The van der Waals surface area contributed by atoms with Gasteiger partial charge in [0.25, 0.3) is 11.5 Å². The van der Waals surface area contributed by atoms with Crippen LogP contribution in [0.1, 0.15) is 21.6 Å². The van der Waals surface area contributed by atoms with Crippen LogP contribution in [0.4, 0.5) is 23.2 Å². The van der Waals surface area contributed by atoms with Crippen LogP contribution >= 0.6 is 11.3 Å². The number of para-hydroxylation sites is 1. The molecule has 0 fully saturated rings. The van der Waals surface area contributed by atoms with Crippen molar-refractivity contribution in [2.45, 2.75) is 13.1 Å². The van der Waals surface area contributed by atoms with Crippen LogP contribution in [-0.2, 0) is 6.18 Å². The molecule has 0 aliphatic rings. The van der Waals surface area contributed by atoms with E-state index in [0.717, 1.165) is 34.5 Å². The zero-order valence-electron chi connectivity index (χ0n) is 22.2. The highest BCUT2D eigenvalue weighted by molar-refractivity contribution is 7.16. The summed E-state index contributed by atoms with van der Waals surface area (Å²) in [5.74, 6) is -1.46. The van der Waals surface area contributed by atoms with Gasteiger partial charge in [0.15, 0.2) is 5.69 Å². The lowest BCUT2D eigenvalue weighted by Gasteiger charge is -2.15. The minimum Gasteiger partial charge on any atom is -0.320 e. The van der Waals surface area contributed by atoms with Gasteiger partial charge >= 0.3 is 6.18 Å². The van der Waals surface area contributed by atoms with E-state index in [4.69, 9.17) is 0 Å². The Balaban J connectivity index is 1.33. The lowest BCUT2D eigenvalue weighted by molar-refractivity contribution is -0.137. The third-order valence-electron chi connectivity index (χ3n) is 6.74. The molecule has 6 aromatic rings. The SMILES string of the molecule is Cc1cc(=O)n(-c2ccccc2C(F)(F)F)nc1C(=O)Nc1ccc(-c2ccccc2-c2ncnc3sccc23)c(F)c1. The van der Waals surface area contributed by atoms with E-state index in [0.29, 0.717) is 21.5 Å². The van der Waals surface area contributed by atoms with Gasteiger partial charge in [-0.2, -0.15) is 23.0 Å². The number of carbonyl (C=O) groups is 1. The number of nitrogens with zero attached hydrogens (tertiary/aromatic N) is 4. The van der Waals surface area contributed by atoms with Crippen LogP contribution in [0.3, 0.4) is 0 Å². The molecule has 43 heavy (non-hydrogen) atoms. The third-order valence-corrected chi connectivity index (χ3v) is 7.56. The molecule has 0 radical (unpaired) electrons. The number of aryl methyl sites for hydroxylation is 1. The highest BCUT2D eigenvalue weighted by Gasteiger charge is 2.34. The fraction of sp³-hybridized carbons (Fsp3) is 0.0645. The van der Waals surface area contributed by atoms with Crippen molar-refractivity contribution in [1.29, 1.82) is 0 Å². The van der Waals surface area contributed by atoms with Gasteiger partial charge in [-0.05, 0) is 59.8 Å². The van der Waals surface area contributed by atoms with Crippen molar-refractivity contribution in [3.05, 3.63) is 124 Å². The van der Waals surface area contributed by atoms with Gasteiger partial charge in [-0.1, -0.05) is 36.4 Å². The molecule has 3 aromatic heterocycles. The third kappa shape index (κ3) is 5.28. The number of hydrogen-bond donors (Lipinski definition) is 1. The van der Waals surface area contributed by atoms with Gasteiger partial charge in [-0.15, -0.1) is 11.3 Å². The van der Waals surface area contributed by atoms with Crippen molar-refractivity contribution in [1.82, 2.24) is 19.7 Å². The number of carbonyl (C=O) groups excluding carboxylic acids is 1. The molecule has 0 bridgehead atoms. The molecule has 0 spiro atoms. The van der Waals surface area contributed by atoms with E-state index in [9.17, 15) is 22.8 Å². The summed E-state index contributed by atoms with van der Waals surface area (Å²) in [5.41, 5.74) is -0.324. The number of halogens is 4. The lowest BCUT2D eigenvalue weighted by atomic mass is 9.96. The highest BCUT2D eigenvalue weighted by atomic mass is 32.1. The normalized spacial score (nSPS) is 11.6. The number of thiophene rings is 1. The largest absolute Gasteiger partial charge is 0.418 e. The minimum absolute atomic E-state index is 0.0839. The van der Waals surface area contributed by atoms with Gasteiger partial charge in [0.05, 0.1) is 16.9 Å². The molecule has 12 heteroatoms. The van der Waals surface area contributed by atoms with Crippen molar-refractivity contribution in [2.24, 2.45) is 0 Å². The molecule has 6 rings (SSSR count). The van der Waals surface area contributed by atoms with Gasteiger partial charge in [-0.25, -0.2) is 14.4 Å². The van der Waals surface area contributed by atoms with Gasteiger partial charge in [0.2, 0.25) is 0 Å². The van der Waals surface area contributed by atoms with Crippen LogP contribution in [0, 0.1) is 12.7 Å². The van der Waals surface area contributed by atoms with Crippen LogP contribution in [-0.4, -0.2) is 25.7 Å². The molecule has 0 atom stereocenters. The number of rotatable bonds is 5.